The normalized spacial score (nSPS) is 15.7. The first-order valence-electron chi connectivity index (χ1n) is 10.0. The minimum Gasteiger partial charge on any atom is -0.468 e. The molecular weight excluding hydrogens is 400 g/mol. The van der Waals surface area contributed by atoms with E-state index < -0.39 is 0 Å². The van der Waals surface area contributed by atoms with Crippen molar-refractivity contribution in [1.82, 2.24) is 30.0 Å². The van der Waals surface area contributed by atoms with Gasteiger partial charge in [-0.05, 0) is 24.6 Å². The molecule has 30 heavy (non-hydrogen) atoms. The molecule has 8 nitrogen and oxygen atoms in total. The number of carbonyl (C=O) groups is 1. The molecule has 1 amide bonds. The first-order valence-corrected chi connectivity index (χ1v) is 11.0. The summed E-state index contributed by atoms with van der Waals surface area (Å²) in [7, 11) is 0. The number of thioether (sulfide) groups is 1. The molecule has 5 rings (SSSR count). The van der Waals surface area contributed by atoms with Gasteiger partial charge in [-0.15, -0.1) is 10.2 Å². The summed E-state index contributed by atoms with van der Waals surface area (Å²) in [5, 5.41) is 10.0. The highest BCUT2D eigenvalue weighted by Gasteiger charge is 2.20. The van der Waals surface area contributed by atoms with Crippen LogP contribution in [0.15, 0.2) is 52.2 Å². The number of rotatable bonds is 5. The predicted molar refractivity (Wildman–Crippen MR) is 115 cm³/mol. The average Bonchev–Trinajstić information content (AvgIpc) is 3.34. The molecule has 1 aliphatic rings. The van der Waals surface area contributed by atoms with Crippen molar-refractivity contribution in [1.29, 1.82) is 0 Å². The lowest BCUT2D eigenvalue weighted by Crippen LogP contribution is -2.36. The molecule has 3 aromatic heterocycles. The SMILES string of the molecule is O=C(CSc1nnc2c(n1)[nH]c1ccccc12)N1CCCN(Cc2ccco2)CC1. The average molecular weight is 423 g/mol. The highest BCUT2D eigenvalue weighted by molar-refractivity contribution is 7.99. The van der Waals surface area contributed by atoms with Crippen molar-refractivity contribution in [3.63, 3.8) is 0 Å². The van der Waals surface area contributed by atoms with Crippen molar-refractivity contribution in [3.05, 3.63) is 48.4 Å². The molecule has 0 radical (unpaired) electrons. The molecule has 4 heterocycles. The molecule has 0 spiro atoms. The molecule has 4 aromatic rings. The number of nitrogens with zero attached hydrogens (tertiary/aromatic N) is 5. The van der Waals surface area contributed by atoms with Crippen molar-refractivity contribution in [2.75, 3.05) is 31.9 Å². The number of aromatic amines is 1. The van der Waals surface area contributed by atoms with Crippen molar-refractivity contribution in [2.45, 2.75) is 18.1 Å². The first kappa shape index (κ1) is 19.1. The Morgan fingerprint density at radius 3 is 2.93 bits per heavy atom. The molecule has 1 N–H and O–H groups in total. The van der Waals surface area contributed by atoms with E-state index in [4.69, 9.17) is 4.42 Å². The molecule has 9 heteroatoms. The van der Waals surface area contributed by atoms with Gasteiger partial charge in [-0.25, -0.2) is 4.98 Å². The van der Waals surface area contributed by atoms with Crippen LogP contribution in [-0.4, -0.2) is 67.8 Å². The number of aromatic nitrogens is 4. The van der Waals surface area contributed by atoms with Crippen LogP contribution in [0.3, 0.4) is 0 Å². The van der Waals surface area contributed by atoms with Gasteiger partial charge in [0.25, 0.3) is 0 Å². The van der Waals surface area contributed by atoms with Gasteiger partial charge in [0.2, 0.25) is 11.1 Å². The van der Waals surface area contributed by atoms with Crippen LogP contribution in [0.5, 0.6) is 0 Å². The van der Waals surface area contributed by atoms with Gasteiger partial charge in [-0.1, -0.05) is 30.0 Å². The van der Waals surface area contributed by atoms with Crippen LogP contribution in [0.1, 0.15) is 12.2 Å². The monoisotopic (exact) mass is 422 g/mol. The van der Waals surface area contributed by atoms with Crippen molar-refractivity contribution >= 4 is 39.7 Å². The molecule has 1 saturated heterocycles. The third-order valence-corrected chi connectivity index (χ3v) is 6.15. The molecule has 0 atom stereocenters. The fourth-order valence-corrected chi connectivity index (χ4v) is 4.48. The van der Waals surface area contributed by atoms with Gasteiger partial charge in [0.05, 0.1) is 18.6 Å². The maximum absolute atomic E-state index is 12.7. The molecule has 0 bridgehead atoms. The zero-order chi connectivity index (χ0) is 20.3. The highest BCUT2D eigenvalue weighted by Crippen LogP contribution is 2.23. The minimum absolute atomic E-state index is 0.111. The number of nitrogens with one attached hydrogen (secondary N) is 1. The number of hydrogen-bond acceptors (Lipinski definition) is 7. The summed E-state index contributed by atoms with van der Waals surface area (Å²) in [4.78, 5) is 24.8. The van der Waals surface area contributed by atoms with E-state index in [2.05, 4.69) is 25.1 Å². The van der Waals surface area contributed by atoms with E-state index >= 15 is 0 Å². The second-order valence-electron chi connectivity index (χ2n) is 7.34. The van der Waals surface area contributed by atoms with E-state index in [1.165, 1.54) is 11.8 Å². The molecule has 1 aliphatic heterocycles. The van der Waals surface area contributed by atoms with Crippen molar-refractivity contribution in [2.24, 2.45) is 0 Å². The lowest BCUT2D eigenvalue weighted by Gasteiger charge is -2.21. The summed E-state index contributed by atoms with van der Waals surface area (Å²) >= 11 is 1.33. The standard InChI is InChI=1S/C21H22N6O2S/c28-18(27-9-4-8-26(10-11-27)13-15-5-3-12-29-15)14-30-21-23-20-19(24-25-21)16-6-1-2-7-17(16)22-20/h1-3,5-7,12H,4,8-11,13-14H2,(H,22,23,25). The zero-order valence-corrected chi connectivity index (χ0v) is 17.3. The second-order valence-corrected chi connectivity index (χ2v) is 8.28. The largest absolute Gasteiger partial charge is 0.468 e. The van der Waals surface area contributed by atoms with Gasteiger partial charge in [0.15, 0.2) is 5.65 Å². The number of H-pyrrole nitrogens is 1. The number of amides is 1. The fourth-order valence-electron chi connectivity index (χ4n) is 3.79. The van der Waals surface area contributed by atoms with Crippen LogP contribution >= 0.6 is 11.8 Å². The number of furan rings is 1. The Morgan fingerprint density at radius 2 is 2.03 bits per heavy atom. The van der Waals surface area contributed by atoms with Gasteiger partial charge in [0.1, 0.15) is 11.3 Å². The Kier molecular flexibility index (Phi) is 5.37. The lowest BCUT2D eigenvalue weighted by molar-refractivity contribution is -0.128. The van der Waals surface area contributed by atoms with Crippen molar-refractivity contribution < 1.29 is 9.21 Å². The number of benzene rings is 1. The second kappa shape index (κ2) is 8.45. The van der Waals surface area contributed by atoms with Crippen LogP contribution in [0.25, 0.3) is 22.1 Å². The molecule has 0 saturated carbocycles. The van der Waals surface area contributed by atoms with Crippen LogP contribution in [0.2, 0.25) is 0 Å². The number of fused-ring (bicyclic) bond motifs is 3. The van der Waals surface area contributed by atoms with Crippen LogP contribution < -0.4 is 0 Å². The van der Waals surface area contributed by atoms with Crippen LogP contribution in [-0.2, 0) is 11.3 Å². The third kappa shape index (κ3) is 4.03. The van der Waals surface area contributed by atoms with Gasteiger partial charge < -0.3 is 14.3 Å². The quantitative estimate of drug-likeness (QED) is 0.495. The van der Waals surface area contributed by atoms with E-state index in [-0.39, 0.29) is 5.91 Å². The van der Waals surface area contributed by atoms with Crippen LogP contribution in [0.4, 0.5) is 0 Å². The van der Waals surface area contributed by atoms with Gasteiger partial charge in [0, 0.05) is 37.1 Å². The Balaban J connectivity index is 1.19. The van der Waals surface area contributed by atoms with Crippen LogP contribution in [0, 0.1) is 0 Å². The van der Waals surface area contributed by atoms with Gasteiger partial charge >= 0.3 is 0 Å². The van der Waals surface area contributed by atoms with E-state index in [9.17, 15) is 4.79 Å². The lowest BCUT2D eigenvalue weighted by atomic mass is 10.2. The zero-order valence-electron chi connectivity index (χ0n) is 16.5. The summed E-state index contributed by atoms with van der Waals surface area (Å²) in [6.07, 6.45) is 2.65. The van der Waals surface area contributed by atoms with Gasteiger partial charge in [-0.3, -0.25) is 9.69 Å². The smallest absolute Gasteiger partial charge is 0.233 e. The molecular formula is C21H22N6O2S. The topological polar surface area (TPSA) is 91.1 Å². The number of hydrogen-bond donors (Lipinski definition) is 1. The molecule has 154 valence electrons. The maximum atomic E-state index is 12.7. The Morgan fingerprint density at radius 1 is 1.10 bits per heavy atom. The van der Waals surface area contributed by atoms with E-state index in [0.29, 0.717) is 16.6 Å². The van der Waals surface area contributed by atoms with Gasteiger partial charge in [-0.2, -0.15) is 0 Å². The summed E-state index contributed by atoms with van der Waals surface area (Å²) in [6, 6.07) is 11.8. The maximum Gasteiger partial charge on any atom is 0.233 e. The number of carbonyl (C=O) groups excluding carboxylic acids is 1. The summed E-state index contributed by atoms with van der Waals surface area (Å²) in [6.45, 7) is 4.08. The minimum atomic E-state index is 0.111. The third-order valence-electron chi connectivity index (χ3n) is 5.33. The first-order chi connectivity index (χ1) is 14.8. The Hall–Kier alpha value is -2.91. The fraction of sp³-hybridized carbons (Fsp3) is 0.333. The van der Waals surface area contributed by atoms with E-state index in [1.807, 2.05) is 41.3 Å². The number of para-hydroxylation sites is 1. The Labute approximate surface area is 177 Å². The Bertz CT molecular complexity index is 1160. The molecule has 1 fully saturated rings. The highest BCUT2D eigenvalue weighted by atomic mass is 32.2. The summed E-state index contributed by atoms with van der Waals surface area (Å²) < 4.78 is 5.44. The van der Waals surface area contributed by atoms with Crippen molar-refractivity contribution in [3.8, 4) is 0 Å². The van der Waals surface area contributed by atoms with E-state index in [1.54, 1.807) is 6.26 Å². The van der Waals surface area contributed by atoms with E-state index in [0.717, 1.165) is 61.3 Å². The predicted octanol–water partition coefficient (Wildman–Crippen LogP) is 2.93. The summed E-state index contributed by atoms with van der Waals surface area (Å²) in [5.74, 6) is 1.38. The molecule has 0 aliphatic carbocycles. The molecule has 0 unspecified atom stereocenters. The summed E-state index contributed by atoms with van der Waals surface area (Å²) in [5.41, 5.74) is 2.44. The molecule has 1 aromatic carbocycles.